The highest BCUT2D eigenvalue weighted by Crippen LogP contribution is 2.10. The Morgan fingerprint density at radius 3 is 3.06 bits per heavy atom. The second-order valence-electron chi connectivity index (χ2n) is 4.23. The second-order valence-corrected chi connectivity index (χ2v) is 6.25. The zero-order valence-electron chi connectivity index (χ0n) is 9.78. The Kier molecular flexibility index (Phi) is 5.96. The third-order valence-corrected chi connectivity index (χ3v) is 4.31. The van der Waals surface area contributed by atoms with Gasteiger partial charge in [0.05, 0.1) is 11.6 Å². The van der Waals surface area contributed by atoms with Crippen LogP contribution in [0.15, 0.2) is 0 Å². The first-order valence-electron chi connectivity index (χ1n) is 5.35. The Morgan fingerprint density at radius 1 is 1.75 bits per heavy atom. The number of carbonyl (C=O) groups excluding carboxylic acids is 1. The van der Waals surface area contributed by atoms with E-state index in [-0.39, 0.29) is 11.9 Å². The summed E-state index contributed by atoms with van der Waals surface area (Å²) in [7, 11) is 0. The predicted octanol–water partition coefficient (Wildman–Crippen LogP) is -0.0784. The highest BCUT2D eigenvalue weighted by molar-refractivity contribution is 7.99. The maximum atomic E-state index is 11.7. The van der Waals surface area contributed by atoms with E-state index in [2.05, 4.69) is 10.6 Å². The molecule has 0 aliphatic carbocycles. The molecule has 1 amide bonds. The molecule has 1 rings (SSSR count). The number of aliphatic hydroxyl groups is 1. The molecule has 0 aromatic rings. The van der Waals surface area contributed by atoms with Crippen molar-refractivity contribution in [2.24, 2.45) is 0 Å². The molecule has 1 aliphatic rings. The molecule has 0 bridgehead atoms. The Hall–Kier alpha value is 0.0900. The van der Waals surface area contributed by atoms with E-state index in [4.69, 9.17) is 0 Å². The van der Waals surface area contributed by atoms with E-state index in [1.807, 2.05) is 6.26 Å². The first kappa shape index (κ1) is 14.2. The van der Waals surface area contributed by atoms with Crippen LogP contribution in [0.1, 0.15) is 6.92 Å². The van der Waals surface area contributed by atoms with Crippen LogP contribution in [-0.2, 0) is 4.79 Å². The molecule has 2 atom stereocenters. The number of thioether (sulfide) groups is 2. The summed E-state index contributed by atoms with van der Waals surface area (Å²) in [5.41, 5.74) is -0.823. The zero-order chi connectivity index (χ0) is 12.0. The van der Waals surface area contributed by atoms with Crippen molar-refractivity contribution in [3.8, 4) is 0 Å². The van der Waals surface area contributed by atoms with Crippen LogP contribution in [0.25, 0.3) is 0 Å². The van der Waals surface area contributed by atoms with Gasteiger partial charge in [-0.25, -0.2) is 0 Å². The number of carbonyl (C=O) groups is 1. The van der Waals surface area contributed by atoms with E-state index in [0.29, 0.717) is 12.3 Å². The van der Waals surface area contributed by atoms with Gasteiger partial charge in [-0.3, -0.25) is 4.79 Å². The van der Waals surface area contributed by atoms with Gasteiger partial charge in [0.15, 0.2) is 0 Å². The number of hydrogen-bond donors (Lipinski definition) is 3. The lowest BCUT2D eigenvalue weighted by Crippen LogP contribution is -2.52. The van der Waals surface area contributed by atoms with Crippen molar-refractivity contribution in [1.29, 1.82) is 0 Å². The molecule has 16 heavy (non-hydrogen) atoms. The number of amides is 1. The van der Waals surface area contributed by atoms with Gasteiger partial charge in [-0.15, -0.1) is 0 Å². The second kappa shape index (κ2) is 6.74. The van der Waals surface area contributed by atoms with E-state index in [9.17, 15) is 9.90 Å². The van der Waals surface area contributed by atoms with Crippen LogP contribution >= 0.6 is 23.5 Å². The highest BCUT2D eigenvalue weighted by Gasteiger charge is 2.24. The summed E-state index contributed by atoms with van der Waals surface area (Å²) in [4.78, 5) is 11.7. The van der Waals surface area contributed by atoms with Crippen molar-refractivity contribution in [2.45, 2.75) is 18.6 Å². The minimum Gasteiger partial charge on any atom is -0.387 e. The molecule has 1 heterocycles. The van der Waals surface area contributed by atoms with Crippen LogP contribution in [0, 0.1) is 0 Å². The lowest BCUT2D eigenvalue weighted by atomic mass is 10.1. The van der Waals surface area contributed by atoms with E-state index >= 15 is 0 Å². The SMILES string of the molecule is CSCC(C)(O)CNC(=O)C1CSCCN1. The molecule has 2 unspecified atom stereocenters. The summed E-state index contributed by atoms with van der Waals surface area (Å²) in [6.07, 6.45) is 1.94. The quantitative estimate of drug-likeness (QED) is 0.648. The Labute approximate surface area is 105 Å². The van der Waals surface area contributed by atoms with Gasteiger partial charge in [0.2, 0.25) is 5.91 Å². The summed E-state index contributed by atoms with van der Waals surface area (Å²) in [6.45, 7) is 2.94. The predicted molar refractivity (Wildman–Crippen MR) is 71.1 cm³/mol. The minimum atomic E-state index is -0.823. The van der Waals surface area contributed by atoms with Crippen molar-refractivity contribution in [1.82, 2.24) is 10.6 Å². The van der Waals surface area contributed by atoms with Crippen LogP contribution in [0.5, 0.6) is 0 Å². The molecule has 0 spiro atoms. The molecule has 1 saturated heterocycles. The van der Waals surface area contributed by atoms with Gasteiger partial charge in [-0.05, 0) is 13.2 Å². The summed E-state index contributed by atoms with van der Waals surface area (Å²) in [5.74, 6) is 2.50. The van der Waals surface area contributed by atoms with Gasteiger partial charge in [0.1, 0.15) is 0 Å². The van der Waals surface area contributed by atoms with Gasteiger partial charge in [-0.2, -0.15) is 23.5 Å². The van der Waals surface area contributed by atoms with E-state index < -0.39 is 5.60 Å². The molecule has 0 saturated carbocycles. The average Bonchev–Trinajstić information content (AvgIpc) is 2.27. The molecule has 94 valence electrons. The fraction of sp³-hybridized carbons (Fsp3) is 0.900. The molecule has 0 radical (unpaired) electrons. The van der Waals surface area contributed by atoms with Crippen LogP contribution < -0.4 is 10.6 Å². The fourth-order valence-corrected chi connectivity index (χ4v) is 3.15. The highest BCUT2D eigenvalue weighted by atomic mass is 32.2. The number of nitrogens with one attached hydrogen (secondary N) is 2. The van der Waals surface area contributed by atoms with Crippen LogP contribution in [-0.4, -0.2) is 59.3 Å². The molecule has 0 aromatic carbocycles. The van der Waals surface area contributed by atoms with Gasteiger partial charge >= 0.3 is 0 Å². The molecule has 6 heteroatoms. The Balaban J connectivity index is 2.28. The summed E-state index contributed by atoms with van der Waals surface area (Å²) in [6, 6.07) is -0.108. The number of rotatable bonds is 5. The number of hydrogen-bond acceptors (Lipinski definition) is 5. The normalized spacial score (nSPS) is 24.8. The molecule has 1 fully saturated rings. The van der Waals surface area contributed by atoms with Gasteiger partial charge in [0.25, 0.3) is 0 Å². The molecule has 1 aliphatic heterocycles. The lowest BCUT2D eigenvalue weighted by Gasteiger charge is -2.26. The van der Waals surface area contributed by atoms with Crippen LogP contribution in [0.3, 0.4) is 0 Å². The lowest BCUT2D eigenvalue weighted by molar-refractivity contribution is -0.123. The smallest absolute Gasteiger partial charge is 0.238 e. The largest absolute Gasteiger partial charge is 0.387 e. The molecule has 3 N–H and O–H groups in total. The first-order valence-corrected chi connectivity index (χ1v) is 7.90. The summed E-state index contributed by atoms with van der Waals surface area (Å²) >= 11 is 3.36. The molecule has 4 nitrogen and oxygen atoms in total. The van der Waals surface area contributed by atoms with Crippen molar-refractivity contribution in [2.75, 3.05) is 36.6 Å². The van der Waals surface area contributed by atoms with Gasteiger partial charge in [-0.1, -0.05) is 0 Å². The summed E-state index contributed by atoms with van der Waals surface area (Å²) in [5, 5.41) is 15.9. The van der Waals surface area contributed by atoms with Gasteiger partial charge < -0.3 is 15.7 Å². The van der Waals surface area contributed by atoms with Crippen molar-refractivity contribution in [3.05, 3.63) is 0 Å². The van der Waals surface area contributed by atoms with E-state index in [1.165, 1.54) is 0 Å². The maximum absolute atomic E-state index is 11.7. The molecular weight excluding hydrogens is 244 g/mol. The minimum absolute atomic E-state index is 0.00595. The van der Waals surface area contributed by atoms with E-state index in [1.54, 1.807) is 30.4 Å². The third-order valence-electron chi connectivity index (χ3n) is 2.34. The zero-order valence-corrected chi connectivity index (χ0v) is 11.4. The molecular formula is C10H20N2O2S2. The topological polar surface area (TPSA) is 61.4 Å². The van der Waals surface area contributed by atoms with Crippen molar-refractivity contribution >= 4 is 29.4 Å². The Morgan fingerprint density at radius 2 is 2.50 bits per heavy atom. The average molecular weight is 264 g/mol. The van der Waals surface area contributed by atoms with Crippen LogP contribution in [0.4, 0.5) is 0 Å². The molecule has 0 aromatic heterocycles. The van der Waals surface area contributed by atoms with Crippen molar-refractivity contribution in [3.63, 3.8) is 0 Å². The van der Waals surface area contributed by atoms with Crippen LogP contribution in [0.2, 0.25) is 0 Å². The first-order chi connectivity index (χ1) is 7.55. The third kappa shape index (κ3) is 4.95. The van der Waals surface area contributed by atoms with Gasteiger partial charge in [0, 0.05) is 30.3 Å². The Bertz CT molecular complexity index is 231. The van der Waals surface area contributed by atoms with E-state index in [0.717, 1.165) is 18.1 Å². The van der Waals surface area contributed by atoms with Crippen molar-refractivity contribution < 1.29 is 9.90 Å². The standard InChI is InChI=1S/C10H20N2O2S2/c1-10(14,7-15-2)6-12-9(13)8-5-16-4-3-11-8/h8,11,14H,3-7H2,1-2H3,(H,12,13). The maximum Gasteiger partial charge on any atom is 0.238 e. The fourth-order valence-electron chi connectivity index (χ4n) is 1.50. The monoisotopic (exact) mass is 264 g/mol. The summed E-state index contributed by atoms with van der Waals surface area (Å²) < 4.78 is 0.